The summed E-state index contributed by atoms with van der Waals surface area (Å²) in [6, 6.07) is 14.2. The van der Waals surface area contributed by atoms with Crippen LogP contribution >= 0.6 is 22.9 Å². The van der Waals surface area contributed by atoms with Crippen LogP contribution in [-0.2, 0) is 6.54 Å². The number of hydrogen-bond donors (Lipinski definition) is 1. The van der Waals surface area contributed by atoms with E-state index in [9.17, 15) is 4.79 Å². The zero-order chi connectivity index (χ0) is 16.2. The van der Waals surface area contributed by atoms with Gasteiger partial charge < -0.3 is 10.2 Å². The molecule has 0 radical (unpaired) electrons. The largest absolute Gasteiger partial charge is 0.331 e. The third-order valence-electron chi connectivity index (χ3n) is 4.18. The number of halogens is 1. The van der Waals surface area contributed by atoms with Crippen molar-refractivity contribution in [1.82, 2.24) is 10.2 Å². The molecule has 0 aliphatic heterocycles. The Balaban J connectivity index is 1.67. The van der Waals surface area contributed by atoms with Crippen LogP contribution in [0.3, 0.4) is 0 Å². The minimum Gasteiger partial charge on any atom is -0.331 e. The van der Waals surface area contributed by atoms with Gasteiger partial charge in [-0.3, -0.25) is 0 Å². The SMILES string of the molecule is CCN(Cc1ccc(Cl)s1)C(=O)NC(c1ccccc1)C1CC1. The van der Waals surface area contributed by atoms with Crippen molar-refractivity contribution in [1.29, 1.82) is 0 Å². The van der Waals surface area contributed by atoms with Gasteiger partial charge in [0.2, 0.25) is 0 Å². The molecular weight excluding hydrogens is 328 g/mol. The Morgan fingerprint density at radius 1 is 1.30 bits per heavy atom. The highest BCUT2D eigenvalue weighted by Gasteiger charge is 2.34. The van der Waals surface area contributed by atoms with Gasteiger partial charge in [0.05, 0.1) is 16.9 Å². The van der Waals surface area contributed by atoms with Gasteiger partial charge in [-0.05, 0) is 43.4 Å². The molecular formula is C18H21ClN2OS. The maximum absolute atomic E-state index is 12.7. The minimum atomic E-state index is -0.00206. The quantitative estimate of drug-likeness (QED) is 0.775. The predicted molar refractivity (Wildman–Crippen MR) is 95.9 cm³/mol. The molecule has 3 nitrogen and oxygen atoms in total. The fraction of sp³-hybridized carbons (Fsp3) is 0.389. The standard InChI is InChI=1S/C18H21ClN2OS/c1-2-21(12-15-10-11-16(19)23-15)18(22)20-17(14-8-9-14)13-6-4-3-5-7-13/h3-7,10-11,14,17H,2,8-9,12H2,1H3,(H,20,22). The number of rotatable bonds is 6. The first kappa shape index (κ1) is 16.3. The van der Waals surface area contributed by atoms with Gasteiger partial charge in [0, 0.05) is 11.4 Å². The first-order valence-electron chi connectivity index (χ1n) is 8.02. The average molecular weight is 349 g/mol. The van der Waals surface area contributed by atoms with E-state index in [4.69, 9.17) is 11.6 Å². The van der Waals surface area contributed by atoms with Crippen LogP contribution in [0, 0.1) is 5.92 Å². The van der Waals surface area contributed by atoms with Gasteiger partial charge in [0.1, 0.15) is 0 Å². The number of carbonyl (C=O) groups excluding carboxylic acids is 1. The van der Waals surface area contributed by atoms with E-state index in [0.717, 1.165) is 9.21 Å². The molecule has 23 heavy (non-hydrogen) atoms. The molecule has 0 bridgehead atoms. The van der Waals surface area contributed by atoms with Crippen molar-refractivity contribution in [3.05, 3.63) is 57.2 Å². The van der Waals surface area contributed by atoms with Crippen LogP contribution in [0.2, 0.25) is 4.34 Å². The van der Waals surface area contributed by atoms with Crippen LogP contribution in [0.5, 0.6) is 0 Å². The maximum Gasteiger partial charge on any atom is 0.318 e. The summed E-state index contributed by atoms with van der Waals surface area (Å²) in [5, 5.41) is 3.23. The molecule has 1 aliphatic rings. The third-order valence-corrected chi connectivity index (χ3v) is 5.39. The fourth-order valence-electron chi connectivity index (χ4n) is 2.74. The second kappa shape index (κ2) is 7.37. The number of hydrogen-bond acceptors (Lipinski definition) is 2. The van der Waals surface area contributed by atoms with Crippen molar-refractivity contribution in [3.8, 4) is 0 Å². The molecule has 1 aromatic carbocycles. The van der Waals surface area contributed by atoms with Crippen molar-refractivity contribution in [3.63, 3.8) is 0 Å². The fourth-order valence-corrected chi connectivity index (χ4v) is 3.84. The number of benzene rings is 1. The van der Waals surface area contributed by atoms with E-state index >= 15 is 0 Å². The Bertz CT molecular complexity index is 654. The van der Waals surface area contributed by atoms with Gasteiger partial charge in [-0.15, -0.1) is 11.3 Å². The molecule has 3 rings (SSSR count). The van der Waals surface area contributed by atoms with Gasteiger partial charge in [-0.2, -0.15) is 0 Å². The van der Waals surface area contributed by atoms with Crippen molar-refractivity contribution >= 4 is 29.0 Å². The zero-order valence-electron chi connectivity index (χ0n) is 13.2. The summed E-state index contributed by atoms with van der Waals surface area (Å²) in [7, 11) is 0. The summed E-state index contributed by atoms with van der Waals surface area (Å²) in [4.78, 5) is 15.6. The van der Waals surface area contributed by atoms with Crippen molar-refractivity contribution in [2.75, 3.05) is 6.54 Å². The van der Waals surface area contributed by atoms with Crippen molar-refractivity contribution in [2.45, 2.75) is 32.4 Å². The molecule has 2 amide bonds. The monoisotopic (exact) mass is 348 g/mol. The van der Waals surface area contributed by atoms with Crippen LogP contribution < -0.4 is 5.32 Å². The van der Waals surface area contributed by atoms with Crippen molar-refractivity contribution in [2.24, 2.45) is 5.92 Å². The Labute approximate surface area is 146 Å². The lowest BCUT2D eigenvalue weighted by atomic mass is 10.0. The number of urea groups is 1. The van der Waals surface area contributed by atoms with E-state index in [-0.39, 0.29) is 12.1 Å². The molecule has 0 spiro atoms. The molecule has 122 valence electrons. The van der Waals surface area contributed by atoms with Crippen LogP contribution in [-0.4, -0.2) is 17.5 Å². The molecule has 1 heterocycles. The third kappa shape index (κ3) is 4.27. The van der Waals surface area contributed by atoms with E-state index in [2.05, 4.69) is 17.4 Å². The Morgan fingerprint density at radius 3 is 2.61 bits per heavy atom. The summed E-state index contributed by atoms with van der Waals surface area (Å²) >= 11 is 7.51. The summed E-state index contributed by atoms with van der Waals surface area (Å²) in [5.74, 6) is 0.566. The highest BCUT2D eigenvalue weighted by Crippen LogP contribution is 2.41. The molecule has 1 saturated carbocycles. The topological polar surface area (TPSA) is 32.3 Å². The second-order valence-corrected chi connectivity index (χ2v) is 7.69. The molecule has 1 aromatic heterocycles. The summed E-state index contributed by atoms with van der Waals surface area (Å²) in [6.07, 6.45) is 2.37. The Morgan fingerprint density at radius 2 is 2.04 bits per heavy atom. The lowest BCUT2D eigenvalue weighted by molar-refractivity contribution is 0.193. The molecule has 5 heteroatoms. The molecule has 1 atom stereocenters. The highest BCUT2D eigenvalue weighted by atomic mass is 35.5. The van der Waals surface area contributed by atoms with E-state index < -0.39 is 0 Å². The predicted octanol–water partition coefficient (Wildman–Crippen LogP) is 5.08. The number of thiophene rings is 1. The van der Waals surface area contributed by atoms with Crippen LogP contribution in [0.4, 0.5) is 4.79 Å². The van der Waals surface area contributed by atoms with Crippen LogP contribution in [0.25, 0.3) is 0 Å². The average Bonchev–Trinajstić information content (AvgIpc) is 3.33. The molecule has 2 aromatic rings. The van der Waals surface area contributed by atoms with Gasteiger partial charge in [-0.25, -0.2) is 4.79 Å². The highest BCUT2D eigenvalue weighted by molar-refractivity contribution is 7.16. The zero-order valence-corrected chi connectivity index (χ0v) is 14.7. The smallest absolute Gasteiger partial charge is 0.318 e. The van der Waals surface area contributed by atoms with E-state index in [0.29, 0.717) is 19.0 Å². The van der Waals surface area contributed by atoms with Gasteiger partial charge in [0.15, 0.2) is 0 Å². The number of nitrogens with zero attached hydrogens (tertiary/aromatic N) is 1. The van der Waals surface area contributed by atoms with Crippen molar-refractivity contribution < 1.29 is 4.79 Å². The van der Waals surface area contributed by atoms with Gasteiger partial charge >= 0.3 is 6.03 Å². The van der Waals surface area contributed by atoms with E-state index in [1.54, 1.807) is 0 Å². The molecule has 1 fully saturated rings. The van der Waals surface area contributed by atoms with Gasteiger partial charge in [-0.1, -0.05) is 41.9 Å². The second-order valence-electron chi connectivity index (χ2n) is 5.90. The number of nitrogens with one attached hydrogen (secondary N) is 1. The summed E-state index contributed by atoms with van der Waals surface area (Å²) in [5.41, 5.74) is 1.19. The van der Waals surface area contributed by atoms with Crippen LogP contribution in [0.1, 0.15) is 36.2 Å². The van der Waals surface area contributed by atoms with E-state index in [1.165, 1.54) is 29.7 Å². The number of amides is 2. The summed E-state index contributed by atoms with van der Waals surface area (Å²) in [6.45, 7) is 3.28. The normalized spacial score (nSPS) is 15.2. The molecule has 1 N–H and O–H groups in total. The number of carbonyl (C=O) groups is 1. The first-order chi connectivity index (χ1) is 11.2. The maximum atomic E-state index is 12.7. The lowest BCUT2D eigenvalue weighted by Crippen LogP contribution is -2.41. The Hall–Kier alpha value is -1.52. The Kier molecular flexibility index (Phi) is 5.23. The molecule has 1 unspecified atom stereocenters. The van der Waals surface area contributed by atoms with E-state index in [1.807, 2.05) is 42.2 Å². The first-order valence-corrected chi connectivity index (χ1v) is 9.21. The van der Waals surface area contributed by atoms with Crippen LogP contribution in [0.15, 0.2) is 42.5 Å². The minimum absolute atomic E-state index is 0.00206. The molecule has 1 aliphatic carbocycles. The summed E-state index contributed by atoms with van der Waals surface area (Å²) < 4.78 is 0.761. The molecule has 0 saturated heterocycles. The lowest BCUT2D eigenvalue weighted by Gasteiger charge is -2.25. The van der Waals surface area contributed by atoms with Gasteiger partial charge in [0.25, 0.3) is 0 Å².